The summed E-state index contributed by atoms with van der Waals surface area (Å²) in [5.74, 6) is -0.465. The second-order valence-corrected chi connectivity index (χ2v) is 3.73. The third-order valence-electron chi connectivity index (χ3n) is 1.99. The highest BCUT2D eigenvalue weighted by molar-refractivity contribution is 6.30. The van der Waals surface area contributed by atoms with Crippen LogP contribution in [0.1, 0.15) is 12.5 Å². The number of amides is 1. The zero-order valence-corrected chi connectivity index (χ0v) is 9.77. The fraction of sp³-hybridized carbons (Fsp3) is 0.364. The number of carbonyl (C=O) groups is 1. The molecule has 0 heterocycles. The monoisotopic (exact) mass is 244 g/mol. The molecule has 0 spiro atoms. The first-order valence-electron chi connectivity index (χ1n) is 5.04. The summed E-state index contributed by atoms with van der Waals surface area (Å²) in [5.41, 5.74) is 0.494. The SMILES string of the molecule is CCNC(=O)CNCc1ccc(Cl)cc1F. The highest BCUT2D eigenvalue weighted by atomic mass is 35.5. The Labute approximate surface area is 99.0 Å². The van der Waals surface area contributed by atoms with Gasteiger partial charge in [0.25, 0.3) is 0 Å². The highest BCUT2D eigenvalue weighted by Crippen LogP contribution is 2.14. The van der Waals surface area contributed by atoms with Crippen LogP contribution in [-0.4, -0.2) is 19.0 Å². The number of carbonyl (C=O) groups excluding carboxylic acids is 1. The zero-order valence-electron chi connectivity index (χ0n) is 9.02. The van der Waals surface area contributed by atoms with Gasteiger partial charge in [0.05, 0.1) is 6.54 Å². The van der Waals surface area contributed by atoms with Crippen LogP contribution < -0.4 is 10.6 Å². The van der Waals surface area contributed by atoms with E-state index in [1.54, 1.807) is 12.1 Å². The molecule has 1 aromatic carbocycles. The van der Waals surface area contributed by atoms with Gasteiger partial charge in [0, 0.05) is 23.7 Å². The number of rotatable bonds is 5. The van der Waals surface area contributed by atoms with Crippen LogP contribution in [0.4, 0.5) is 4.39 Å². The van der Waals surface area contributed by atoms with E-state index in [1.165, 1.54) is 6.07 Å². The summed E-state index contributed by atoms with van der Waals surface area (Å²) >= 11 is 5.62. The first-order chi connectivity index (χ1) is 7.63. The van der Waals surface area contributed by atoms with Gasteiger partial charge in [0.2, 0.25) is 5.91 Å². The van der Waals surface area contributed by atoms with Crippen LogP contribution in [0.5, 0.6) is 0 Å². The molecule has 0 unspecified atom stereocenters. The van der Waals surface area contributed by atoms with Crippen molar-refractivity contribution in [1.29, 1.82) is 0 Å². The van der Waals surface area contributed by atoms with Crippen molar-refractivity contribution in [1.82, 2.24) is 10.6 Å². The first kappa shape index (κ1) is 12.9. The van der Waals surface area contributed by atoms with Crippen molar-refractivity contribution in [3.05, 3.63) is 34.6 Å². The minimum atomic E-state index is -0.365. The maximum absolute atomic E-state index is 13.3. The molecule has 0 aliphatic carbocycles. The van der Waals surface area contributed by atoms with Crippen molar-refractivity contribution in [2.24, 2.45) is 0 Å². The Kier molecular flexibility index (Phi) is 5.22. The number of likely N-dealkylation sites (N-methyl/N-ethyl adjacent to an activating group) is 1. The lowest BCUT2D eigenvalue weighted by molar-refractivity contribution is -0.120. The Morgan fingerprint density at radius 2 is 2.25 bits per heavy atom. The molecule has 0 radical (unpaired) electrons. The summed E-state index contributed by atoms with van der Waals surface area (Å²) in [4.78, 5) is 11.1. The lowest BCUT2D eigenvalue weighted by atomic mass is 10.2. The van der Waals surface area contributed by atoms with Gasteiger partial charge in [0.1, 0.15) is 5.82 Å². The van der Waals surface area contributed by atoms with Crippen molar-refractivity contribution in [2.45, 2.75) is 13.5 Å². The molecule has 0 bridgehead atoms. The molecule has 0 atom stereocenters. The van der Waals surface area contributed by atoms with Crippen LogP contribution >= 0.6 is 11.6 Å². The molecule has 1 aromatic rings. The molecule has 3 nitrogen and oxygen atoms in total. The Morgan fingerprint density at radius 1 is 1.50 bits per heavy atom. The quantitative estimate of drug-likeness (QED) is 0.828. The Balaban J connectivity index is 2.40. The fourth-order valence-corrected chi connectivity index (χ4v) is 1.39. The average Bonchev–Trinajstić information content (AvgIpc) is 2.22. The van der Waals surface area contributed by atoms with Crippen LogP contribution in [0.25, 0.3) is 0 Å². The Bertz CT molecular complexity index is 371. The van der Waals surface area contributed by atoms with E-state index in [-0.39, 0.29) is 18.3 Å². The van der Waals surface area contributed by atoms with Gasteiger partial charge < -0.3 is 10.6 Å². The lowest BCUT2D eigenvalue weighted by Gasteiger charge is -2.06. The number of hydrogen-bond acceptors (Lipinski definition) is 2. The van der Waals surface area contributed by atoms with Gasteiger partial charge in [-0.2, -0.15) is 0 Å². The van der Waals surface area contributed by atoms with E-state index in [2.05, 4.69) is 10.6 Å². The molecular weight excluding hydrogens is 231 g/mol. The molecule has 5 heteroatoms. The first-order valence-corrected chi connectivity index (χ1v) is 5.42. The van der Waals surface area contributed by atoms with E-state index in [4.69, 9.17) is 11.6 Å². The van der Waals surface area contributed by atoms with Gasteiger partial charge in [-0.1, -0.05) is 17.7 Å². The standard InChI is InChI=1S/C11H14ClFN2O/c1-2-15-11(16)7-14-6-8-3-4-9(12)5-10(8)13/h3-5,14H,2,6-7H2,1H3,(H,15,16). The molecule has 0 fully saturated rings. The maximum Gasteiger partial charge on any atom is 0.233 e. The van der Waals surface area contributed by atoms with E-state index >= 15 is 0 Å². The predicted octanol–water partition coefficient (Wildman–Crippen LogP) is 1.70. The van der Waals surface area contributed by atoms with Crippen molar-refractivity contribution in [2.75, 3.05) is 13.1 Å². The molecule has 0 saturated carbocycles. The Hall–Kier alpha value is -1.13. The third kappa shape index (κ3) is 4.16. The molecule has 2 N–H and O–H groups in total. The summed E-state index contributed by atoms with van der Waals surface area (Å²) in [6.07, 6.45) is 0. The molecule has 1 rings (SSSR count). The van der Waals surface area contributed by atoms with E-state index < -0.39 is 0 Å². The molecule has 0 aromatic heterocycles. The molecule has 16 heavy (non-hydrogen) atoms. The average molecular weight is 245 g/mol. The van der Waals surface area contributed by atoms with Crippen LogP contribution in [0.15, 0.2) is 18.2 Å². The molecular formula is C11H14ClFN2O. The third-order valence-corrected chi connectivity index (χ3v) is 2.23. The summed E-state index contributed by atoms with van der Waals surface area (Å²) in [7, 11) is 0. The van der Waals surface area contributed by atoms with Crippen LogP contribution in [0, 0.1) is 5.82 Å². The van der Waals surface area contributed by atoms with E-state index in [1.807, 2.05) is 6.92 Å². The molecule has 0 saturated heterocycles. The number of nitrogens with one attached hydrogen (secondary N) is 2. The lowest BCUT2D eigenvalue weighted by Crippen LogP contribution is -2.33. The minimum Gasteiger partial charge on any atom is -0.355 e. The van der Waals surface area contributed by atoms with Gasteiger partial charge >= 0.3 is 0 Å². The van der Waals surface area contributed by atoms with E-state index in [9.17, 15) is 9.18 Å². The largest absolute Gasteiger partial charge is 0.355 e. The van der Waals surface area contributed by atoms with E-state index in [0.717, 1.165) is 0 Å². The van der Waals surface area contributed by atoms with Crippen molar-refractivity contribution in [3.8, 4) is 0 Å². The van der Waals surface area contributed by atoms with Crippen LogP contribution in [-0.2, 0) is 11.3 Å². The fourth-order valence-electron chi connectivity index (χ4n) is 1.24. The number of hydrogen-bond donors (Lipinski definition) is 2. The second-order valence-electron chi connectivity index (χ2n) is 3.29. The molecule has 0 aliphatic rings. The zero-order chi connectivity index (χ0) is 12.0. The van der Waals surface area contributed by atoms with Crippen molar-refractivity contribution < 1.29 is 9.18 Å². The van der Waals surface area contributed by atoms with Crippen LogP contribution in [0.3, 0.4) is 0 Å². The maximum atomic E-state index is 13.3. The predicted molar refractivity (Wildman–Crippen MR) is 61.8 cm³/mol. The minimum absolute atomic E-state index is 0.100. The van der Waals surface area contributed by atoms with Crippen molar-refractivity contribution in [3.63, 3.8) is 0 Å². The molecule has 1 amide bonds. The molecule has 88 valence electrons. The highest BCUT2D eigenvalue weighted by Gasteiger charge is 2.03. The summed E-state index contributed by atoms with van der Waals surface area (Å²) in [6, 6.07) is 4.47. The van der Waals surface area contributed by atoms with Gasteiger partial charge in [-0.25, -0.2) is 4.39 Å². The van der Waals surface area contributed by atoms with Gasteiger partial charge in [-0.05, 0) is 19.1 Å². The van der Waals surface area contributed by atoms with Crippen LogP contribution in [0.2, 0.25) is 5.02 Å². The smallest absolute Gasteiger partial charge is 0.233 e. The van der Waals surface area contributed by atoms with Gasteiger partial charge in [-0.15, -0.1) is 0 Å². The molecule has 0 aliphatic heterocycles. The van der Waals surface area contributed by atoms with Gasteiger partial charge in [-0.3, -0.25) is 4.79 Å². The number of halogens is 2. The summed E-state index contributed by atoms with van der Waals surface area (Å²) < 4.78 is 13.3. The topological polar surface area (TPSA) is 41.1 Å². The van der Waals surface area contributed by atoms with Crippen molar-refractivity contribution >= 4 is 17.5 Å². The summed E-state index contributed by atoms with van der Waals surface area (Å²) in [6.45, 7) is 2.92. The van der Waals surface area contributed by atoms with Gasteiger partial charge in [0.15, 0.2) is 0 Å². The number of benzene rings is 1. The normalized spacial score (nSPS) is 10.2. The van der Waals surface area contributed by atoms with E-state index in [0.29, 0.717) is 23.7 Å². The summed E-state index contributed by atoms with van der Waals surface area (Å²) in [5, 5.41) is 5.86. The Morgan fingerprint density at radius 3 is 2.88 bits per heavy atom. The second kappa shape index (κ2) is 6.45.